The number of benzene rings is 1. The maximum absolute atomic E-state index is 13.6. The van der Waals surface area contributed by atoms with Gasteiger partial charge in [-0.2, -0.15) is 0 Å². The Labute approximate surface area is 116 Å². The monoisotopic (exact) mass is 280 g/mol. The van der Waals surface area contributed by atoms with Crippen molar-refractivity contribution in [2.24, 2.45) is 5.92 Å². The van der Waals surface area contributed by atoms with Crippen molar-refractivity contribution in [1.82, 2.24) is 4.90 Å². The van der Waals surface area contributed by atoms with Gasteiger partial charge < -0.3 is 15.4 Å². The molecule has 1 unspecified atom stereocenters. The van der Waals surface area contributed by atoms with Gasteiger partial charge in [-0.3, -0.25) is 9.59 Å². The minimum Gasteiger partial charge on any atom is -0.469 e. The number of rotatable bonds is 2. The van der Waals surface area contributed by atoms with Gasteiger partial charge in [-0.15, -0.1) is 0 Å². The van der Waals surface area contributed by atoms with E-state index in [-0.39, 0.29) is 29.0 Å². The molecular weight excluding hydrogens is 263 g/mol. The van der Waals surface area contributed by atoms with E-state index in [0.717, 1.165) is 0 Å². The van der Waals surface area contributed by atoms with Crippen LogP contribution in [0.3, 0.4) is 0 Å². The third-order valence-corrected chi connectivity index (χ3v) is 3.64. The van der Waals surface area contributed by atoms with Crippen LogP contribution < -0.4 is 5.73 Å². The van der Waals surface area contributed by atoms with Gasteiger partial charge in [0, 0.05) is 29.9 Å². The van der Waals surface area contributed by atoms with Crippen LogP contribution in [-0.4, -0.2) is 37.0 Å². The Balaban J connectivity index is 2.15. The topological polar surface area (TPSA) is 72.6 Å². The molecule has 0 saturated carbocycles. The second kappa shape index (κ2) is 5.48. The molecule has 5 nitrogen and oxygen atoms in total. The number of esters is 1. The van der Waals surface area contributed by atoms with Crippen LogP contribution in [0.5, 0.6) is 0 Å². The molecule has 108 valence electrons. The molecule has 0 radical (unpaired) electrons. The van der Waals surface area contributed by atoms with Gasteiger partial charge in [0.15, 0.2) is 0 Å². The number of carbonyl (C=O) groups excluding carboxylic acids is 2. The number of likely N-dealkylation sites (tertiary alicyclic amines) is 1. The summed E-state index contributed by atoms with van der Waals surface area (Å²) in [6.45, 7) is 2.30. The van der Waals surface area contributed by atoms with Crippen LogP contribution in [-0.2, 0) is 9.53 Å². The van der Waals surface area contributed by atoms with Crippen molar-refractivity contribution in [1.29, 1.82) is 0 Å². The summed E-state index contributed by atoms with van der Waals surface area (Å²) < 4.78 is 18.3. The van der Waals surface area contributed by atoms with Crippen LogP contribution in [0.2, 0.25) is 0 Å². The highest BCUT2D eigenvalue weighted by atomic mass is 19.1. The Morgan fingerprint density at radius 3 is 2.75 bits per heavy atom. The van der Waals surface area contributed by atoms with Crippen LogP contribution in [0.4, 0.5) is 10.1 Å². The number of carbonyl (C=O) groups is 2. The maximum Gasteiger partial charge on any atom is 0.310 e. The van der Waals surface area contributed by atoms with E-state index in [2.05, 4.69) is 4.74 Å². The van der Waals surface area contributed by atoms with E-state index in [1.165, 1.54) is 24.1 Å². The van der Waals surface area contributed by atoms with Crippen LogP contribution in [0, 0.1) is 18.7 Å². The predicted molar refractivity (Wildman–Crippen MR) is 71.6 cm³/mol. The molecule has 1 aromatic rings. The first-order chi connectivity index (χ1) is 9.43. The van der Waals surface area contributed by atoms with Gasteiger partial charge in [-0.25, -0.2) is 4.39 Å². The number of anilines is 1. The first-order valence-corrected chi connectivity index (χ1v) is 6.36. The van der Waals surface area contributed by atoms with Gasteiger partial charge in [0.2, 0.25) is 0 Å². The molecule has 1 aromatic carbocycles. The van der Waals surface area contributed by atoms with E-state index in [4.69, 9.17) is 5.73 Å². The van der Waals surface area contributed by atoms with Gasteiger partial charge >= 0.3 is 5.97 Å². The lowest BCUT2D eigenvalue weighted by molar-refractivity contribution is -0.144. The molecule has 1 aliphatic rings. The van der Waals surface area contributed by atoms with E-state index in [1.54, 1.807) is 6.92 Å². The van der Waals surface area contributed by atoms with Gasteiger partial charge in [0.25, 0.3) is 5.91 Å². The number of hydrogen-bond acceptors (Lipinski definition) is 4. The summed E-state index contributed by atoms with van der Waals surface area (Å²) in [7, 11) is 1.32. The van der Waals surface area contributed by atoms with E-state index >= 15 is 0 Å². The molecule has 0 aromatic heterocycles. The zero-order chi connectivity index (χ0) is 14.9. The molecule has 0 spiro atoms. The van der Waals surface area contributed by atoms with Crippen molar-refractivity contribution < 1.29 is 18.7 Å². The van der Waals surface area contributed by atoms with Crippen molar-refractivity contribution in [2.75, 3.05) is 25.9 Å². The fraction of sp³-hybridized carbons (Fsp3) is 0.429. The van der Waals surface area contributed by atoms with Crippen LogP contribution in [0.1, 0.15) is 22.3 Å². The van der Waals surface area contributed by atoms with E-state index < -0.39 is 5.82 Å². The Morgan fingerprint density at radius 1 is 1.45 bits per heavy atom. The molecule has 1 heterocycles. The third-order valence-electron chi connectivity index (χ3n) is 3.64. The zero-order valence-electron chi connectivity index (χ0n) is 11.5. The summed E-state index contributed by atoms with van der Waals surface area (Å²) in [5.74, 6) is -1.45. The van der Waals surface area contributed by atoms with Crippen LogP contribution >= 0.6 is 0 Å². The first kappa shape index (κ1) is 14.3. The number of halogens is 1. The summed E-state index contributed by atoms with van der Waals surface area (Å²) in [5.41, 5.74) is 6.45. The Bertz CT molecular complexity index is 536. The number of nitrogens with two attached hydrogens (primary N) is 1. The largest absolute Gasteiger partial charge is 0.469 e. The van der Waals surface area contributed by atoms with Crippen molar-refractivity contribution in [3.8, 4) is 0 Å². The molecule has 2 N–H and O–H groups in total. The third kappa shape index (κ3) is 2.59. The molecule has 1 amide bonds. The molecular formula is C14H17FN2O3. The molecule has 1 fully saturated rings. The highest BCUT2D eigenvalue weighted by Gasteiger charge is 2.32. The second-order valence-corrected chi connectivity index (χ2v) is 4.93. The lowest BCUT2D eigenvalue weighted by Gasteiger charge is -2.17. The summed E-state index contributed by atoms with van der Waals surface area (Å²) in [6, 6.07) is 2.64. The van der Waals surface area contributed by atoms with E-state index in [1.807, 2.05) is 0 Å². The Hall–Kier alpha value is -2.11. The SMILES string of the molecule is COC(=O)C1CCN(C(=O)c2cc(N)c(C)c(F)c2)C1. The molecule has 0 aliphatic carbocycles. The van der Waals surface area contributed by atoms with Crippen LogP contribution in [0.15, 0.2) is 12.1 Å². The summed E-state index contributed by atoms with van der Waals surface area (Å²) in [6.07, 6.45) is 0.558. The number of methoxy groups -OCH3 is 1. The fourth-order valence-electron chi connectivity index (χ4n) is 2.31. The lowest BCUT2D eigenvalue weighted by atomic mass is 10.1. The van der Waals surface area contributed by atoms with Gasteiger partial charge in [-0.1, -0.05) is 0 Å². The number of nitrogen functional groups attached to an aromatic ring is 1. The average Bonchev–Trinajstić information content (AvgIpc) is 2.92. The number of ether oxygens (including phenoxy) is 1. The van der Waals surface area contributed by atoms with Gasteiger partial charge in [-0.05, 0) is 25.5 Å². The minimum atomic E-state index is -0.503. The smallest absolute Gasteiger partial charge is 0.310 e. The molecule has 20 heavy (non-hydrogen) atoms. The van der Waals surface area contributed by atoms with Gasteiger partial charge in [0.1, 0.15) is 5.82 Å². The van der Waals surface area contributed by atoms with Crippen molar-refractivity contribution in [3.63, 3.8) is 0 Å². The fourth-order valence-corrected chi connectivity index (χ4v) is 2.31. The molecule has 1 atom stereocenters. The second-order valence-electron chi connectivity index (χ2n) is 4.93. The quantitative estimate of drug-likeness (QED) is 0.655. The minimum absolute atomic E-state index is 0.205. The zero-order valence-corrected chi connectivity index (χ0v) is 11.5. The molecule has 6 heteroatoms. The first-order valence-electron chi connectivity index (χ1n) is 6.36. The lowest BCUT2D eigenvalue weighted by Crippen LogP contribution is -2.30. The molecule has 1 aliphatic heterocycles. The standard InChI is InChI=1S/C14H17FN2O3/c1-8-11(15)5-10(6-12(8)16)13(18)17-4-3-9(7-17)14(19)20-2/h5-6,9H,3-4,7,16H2,1-2H3. The highest BCUT2D eigenvalue weighted by molar-refractivity contribution is 5.96. The number of hydrogen-bond donors (Lipinski definition) is 1. The van der Waals surface area contributed by atoms with Crippen molar-refractivity contribution in [2.45, 2.75) is 13.3 Å². The Morgan fingerprint density at radius 2 is 2.15 bits per heavy atom. The summed E-state index contributed by atoms with van der Waals surface area (Å²) in [4.78, 5) is 25.2. The molecule has 2 rings (SSSR count). The van der Waals surface area contributed by atoms with Crippen molar-refractivity contribution >= 4 is 17.6 Å². The van der Waals surface area contributed by atoms with E-state index in [0.29, 0.717) is 25.1 Å². The predicted octanol–water partition coefficient (Wildman–Crippen LogP) is 1.35. The summed E-state index contributed by atoms with van der Waals surface area (Å²) >= 11 is 0. The summed E-state index contributed by atoms with van der Waals surface area (Å²) in [5, 5.41) is 0. The van der Waals surface area contributed by atoms with Crippen LogP contribution in [0.25, 0.3) is 0 Å². The van der Waals surface area contributed by atoms with Gasteiger partial charge in [0.05, 0.1) is 13.0 Å². The average molecular weight is 280 g/mol. The number of amides is 1. The molecule has 0 bridgehead atoms. The molecule has 1 saturated heterocycles. The van der Waals surface area contributed by atoms with Crippen molar-refractivity contribution in [3.05, 3.63) is 29.1 Å². The highest BCUT2D eigenvalue weighted by Crippen LogP contribution is 2.23. The van der Waals surface area contributed by atoms with E-state index in [9.17, 15) is 14.0 Å². The number of nitrogens with zero attached hydrogens (tertiary/aromatic N) is 1. The normalized spacial score (nSPS) is 18.1. The Kier molecular flexibility index (Phi) is 3.92. The maximum atomic E-state index is 13.6.